The molecule has 0 saturated heterocycles. The monoisotopic (exact) mass is 270 g/mol. The molecular formula is C15H11ClN2O. The summed E-state index contributed by atoms with van der Waals surface area (Å²) in [6.07, 6.45) is 1.52. The number of aromatic nitrogens is 1. The number of hydrogen-bond donors (Lipinski definition) is 1. The topological polar surface area (TPSA) is 48.1 Å². The second kappa shape index (κ2) is 4.78. The van der Waals surface area contributed by atoms with Crippen molar-refractivity contribution in [2.24, 2.45) is 0 Å². The molecule has 0 spiro atoms. The molecule has 0 amide bonds. The van der Waals surface area contributed by atoms with Gasteiger partial charge in [-0.15, -0.1) is 0 Å². The van der Waals surface area contributed by atoms with Crippen molar-refractivity contribution >= 4 is 28.1 Å². The normalized spacial score (nSPS) is 10.6. The van der Waals surface area contributed by atoms with Gasteiger partial charge in [-0.25, -0.2) is 4.98 Å². The molecule has 4 heteroatoms. The Labute approximate surface area is 115 Å². The van der Waals surface area contributed by atoms with Gasteiger partial charge in [0.2, 0.25) is 5.88 Å². The molecular weight excluding hydrogens is 260 g/mol. The summed E-state index contributed by atoms with van der Waals surface area (Å²) in [7, 11) is 0. The fourth-order valence-corrected chi connectivity index (χ4v) is 2.07. The second-order valence-corrected chi connectivity index (χ2v) is 4.57. The number of nitrogens with two attached hydrogens (primary N) is 1. The zero-order chi connectivity index (χ0) is 13.2. The summed E-state index contributed by atoms with van der Waals surface area (Å²) in [6, 6.07) is 15.5. The van der Waals surface area contributed by atoms with Crippen LogP contribution in [0.3, 0.4) is 0 Å². The predicted molar refractivity (Wildman–Crippen MR) is 77.7 cm³/mol. The van der Waals surface area contributed by atoms with E-state index in [0.717, 1.165) is 10.8 Å². The first-order chi connectivity index (χ1) is 9.22. The smallest absolute Gasteiger partial charge is 0.238 e. The van der Waals surface area contributed by atoms with Crippen molar-refractivity contribution in [3.63, 3.8) is 0 Å². The van der Waals surface area contributed by atoms with Gasteiger partial charge in [0, 0.05) is 0 Å². The minimum atomic E-state index is 0.353. The van der Waals surface area contributed by atoms with Crippen LogP contribution in [0.25, 0.3) is 10.8 Å². The number of hydrogen-bond acceptors (Lipinski definition) is 3. The molecule has 0 fully saturated rings. The molecule has 0 aliphatic rings. The van der Waals surface area contributed by atoms with Crippen LogP contribution < -0.4 is 10.5 Å². The number of halogens is 1. The maximum Gasteiger partial charge on any atom is 0.238 e. The first-order valence-electron chi connectivity index (χ1n) is 5.80. The van der Waals surface area contributed by atoms with Crippen LogP contribution in [0.1, 0.15) is 0 Å². The Kier molecular flexibility index (Phi) is 2.97. The van der Waals surface area contributed by atoms with Gasteiger partial charge >= 0.3 is 0 Å². The third-order valence-corrected chi connectivity index (χ3v) is 3.03. The highest BCUT2D eigenvalue weighted by Gasteiger charge is 2.05. The van der Waals surface area contributed by atoms with Crippen LogP contribution in [-0.2, 0) is 0 Å². The van der Waals surface area contributed by atoms with E-state index in [1.165, 1.54) is 6.20 Å². The van der Waals surface area contributed by atoms with Crippen LogP contribution in [0.5, 0.6) is 11.6 Å². The number of pyridine rings is 1. The Balaban J connectivity index is 1.96. The van der Waals surface area contributed by atoms with E-state index < -0.39 is 0 Å². The lowest BCUT2D eigenvalue weighted by Gasteiger charge is -2.07. The van der Waals surface area contributed by atoms with Gasteiger partial charge in [0.15, 0.2) is 0 Å². The number of ether oxygens (including phenoxy) is 1. The van der Waals surface area contributed by atoms with Crippen molar-refractivity contribution in [1.82, 2.24) is 4.98 Å². The molecule has 3 rings (SSSR count). The molecule has 0 radical (unpaired) electrons. The Hall–Kier alpha value is -2.26. The summed E-state index contributed by atoms with van der Waals surface area (Å²) < 4.78 is 5.67. The van der Waals surface area contributed by atoms with Crippen molar-refractivity contribution in [3.8, 4) is 11.6 Å². The number of nitrogen functional groups attached to an aromatic ring is 1. The average molecular weight is 271 g/mol. The highest BCUT2D eigenvalue weighted by molar-refractivity contribution is 6.32. The highest BCUT2D eigenvalue weighted by Crippen LogP contribution is 2.30. The average Bonchev–Trinajstić information content (AvgIpc) is 2.42. The van der Waals surface area contributed by atoms with Crippen molar-refractivity contribution in [3.05, 3.63) is 59.8 Å². The van der Waals surface area contributed by atoms with E-state index in [-0.39, 0.29) is 0 Å². The molecule has 0 aliphatic carbocycles. The van der Waals surface area contributed by atoms with Crippen LogP contribution in [0, 0.1) is 0 Å². The lowest BCUT2D eigenvalue weighted by molar-refractivity contribution is 0.464. The fraction of sp³-hybridized carbons (Fsp3) is 0. The van der Waals surface area contributed by atoms with Gasteiger partial charge in [0.05, 0.1) is 11.9 Å². The molecule has 0 unspecified atom stereocenters. The largest absolute Gasteiger partial charge is 0.438 e. The lowest BCUT2D eigenvalue weighted by Crippen LogP contribution is -1.92. The molecule has 1 heterocycles. The third kappa shape index (κ3) is 2.46. The van der Waals surface area contributed by atoms with Crippen molar-refractivity contribution in [2.45, 2.75) is 0 Å². The number of benzene rings is 2. The van der Waals surface area contributed by atoms with Gasteiger partial charge in [-0.2, -0.15) is 0 Å². The number of nitrogens with zero attached hydrogens (tertiary/aromatic N) is 1. The maximum atomic E-state index is 6.03. The zero-order valence-corrected chi connectivity index (χ0v) is 10.8. The third-order valence-electron chi connectivity index (χ3n) is 2.76. The van der Waals surface area contributed by atoms with Gasteiger partial charge in [0.25, 0.3) is 0 Å². The molecule has 0 saturated carbocycles. The van der Waals surface area contributed by atoms with Gasteiger partial charge in [-0.05, 0) is 29.0 Å². The number of fused-ring (bicyclic) bond motifs is 1. The van der Waals surface area contributed by atoms with Gasteiger partial charge < -0.3 is 10.5 Å². The summed E-state index contributed by atoms with van der Waals surface area (Å²) in [5.74, 6) is 1.05. The van der Waals surface area contributed by atoms with Gasteiger partial charge in [-0.1, -0.05) is 41.9 Å². The Morgan fingerprint density at radius 2 is 1.79 bits per heavy atom. The van der Waals surface area contributed by atoms with E-state index in [1.807, 2.05) is 42.5 Å². The molecule has 2 aromatic carbocycles. The molecule has 0 atom stereocenters. The minimum absolute atomic E-state index is 0.353. The molecule has 3 nitrogen and oxygen atoms in total. The molecule has 0 bridgehead atoms. The number of anilines is 1. The quantitative estimate of drug-likeness (QED) is 0.757. The van der Waals surface area contributed by atoms with Crippen molar-refractivity contribution in [2.75, 3.05) is 5.73 Å². The lowest BCUT2D eigenvalue weighted by atomic mass is 10.1. The predicted octanol–water partition coefficient (Wildman–Crippen LogP) is 4.26. The van der Waals surface area contributed by atoms with Gasteiger partial charge in [0.1, 0.15) is 10.8 Å². The van der Waals surface area contributed by atoms with Crippen LogP contribution in [-0.4, -0.2) is 4.98 Å². The van der Waals surface area contributed by atoms with Crippen LogP contribution in [0.15, 0.2) is 54.7 Å². The number of rotatable bonds is 2. The summed E-state index contributed by atoms with van der Waals surface area (Å²) in [5, 5.41) is 2.66. The highest BCUT2D eigenvalue weighted by atomic mass is 35.5. The molecule has 1 aromatic heterocycles. The van der Waals surface area contributed by atoms with E-state index in [9.17, 15) is 0 Å². The van der Waals surface area contributed by atoms with Gasteiger partial charge in [-0.3, -0.25) is 0 Å². The van der Waals surface area contributed by atoms with Crippen LogP contribution in [0.4, 0.5) is 5.69 Å². The molecule has 2 N–H and O–H groups in total. The van der Waals surface area contributed by atoms with E-state index in [1.54, 1.807) is 6.07 Å². The molecule has 94 valence electrons. The summed E-state index contributed by atoms with van der Waals surface area (Å²) in [6.45, 7) is 0. The first kappa shape index (κ1) is 11.8. The molecule has 19 heavy (non-hydrogen) atoms. The van der Waals surface area contributed by atoms with E-state index >= 15 is 0 Å². The Morgan fingerprint density at radius 3 is 2.58 bits per heavy atom. The van der Waals surface area contributed by atoms with E-state index in [4.69, 9.17) is 22.1 Å². The fourth-order valence-electron chi connectivity index (χ4n) is 1.86. The van der Waals surface area contributed by atoms with Crippen molar-refractivity contribution in [1.29, 1.82) is 0 Å². The molecule has 0 aliphatic heterocycles. The standard InChI is InChI=1S/C15H11ClN2O/c16-14-8-12(17)9-18-15(14)19-13-6-5-10-3-1-2-4-11(10)7-13/h1-9H,17H2. The minimum Gasteiger partial charge on any atom is -0.438 e. The Morgan fingerprint density at radius 1 is 1.00 bits per heavy atom. The van der Waals surface area contributed by atoms with E-state index in [2.05, 4.69) is 4.98 Å². The van der Waals surface area contributed by atoms with Crippen LogP contribution >= 0.6 is 11.6 Å². The Bertz CT molecular complexity index is 743. The maximum absolute atomic E-state index is 6.03. The second-order valence-electron chi connectivity index (χ2n) is 4.17. The summed E-state index contributed by atoms with van der Waals surface area (Å²) in [5.41, 5.74) is 6.10. The van der Waals surface area contributed by atoms with Crippen molar-refractivity contribution < 1.29 is 4.74 Å². The van der Waals surface area contributed by atoms with Crippen LogP contribution in [0.2, 0.25) is 5.02 Å². The first-order valence-corrected chi connectivity index (χ1v) is 6.18. The zero-order valence-electron chi connectivity index (χ0n) is 10.0. The summed E-state index contributed by atoms with van der Waals surface area (Å²) >= 11 is 6.03. The molecule has 3 aromatic rings. The summed E-state index contributed by atoms with van der Waals surface area (Å²) in [4.78, 5) is 4.07. The SMILES string of the molecule is Nc1cnc(Oc2ccc3ccccc3c2)c(Cl)c1. The van der Waals surface area contributed by atoms with E-state index in [0.29, 0.717) is 22.3 Å².